The van der Waals surface area contributed by atoms with Crippen molar-refractivity contribution < 1.29 is 14.6 Å². The van der Waals surface area contributed by atoms with Crippen molar-refractivity contribution in [3.8, 4) is 0 Å². The second-order valence-electron chi connectivity index (χ2n) is 8.74. The van der Waals surface area contributed by atoms with E-state index in [1.807, 2.05) is 11.8 Å². The molecule has 0 aromatic rings. The standard InChI is InChI=1S/C26H54O3S/c1-3-4-5-6-7-8-9-10-11-12-13-14-15-16-17-19-22-29-24-26(28-2)25-30-23-20-18-21-27/h26-27H,3-25H2,1-2H3. The minimum absolute atomic E-state index is 0.199. The average molecular weight is 447 g/mol. The van der Waals surface area contributed by atoms with Crippen LogP contribution in [0.15, 0.2) is 0 Å². The second-order valence-corrected chi connectivity index (χ2v) is 9.89. The smallest absolute Gasteiger partial charge is 0.0894 e. The molecule has 0 radical (unpaired) electrons. The van der Waals surface area contributed by atoms with Gasteiger partial charge in [-0.3, -0.25) is 0 Å². The molecule has 4 heteroatoms. The van der Waals surface area contributed by atoms with Crippen molar-refractivity contribution in [2.75, 3.05) is 38.4 Å². The zero-order valence-corrected chi connectivity index (χ0v) is 21.3. The van der Waals surface area contributed by atoms with Crippen LogP contribution >= 0.6 is 11.8 Å². The monoisotopic (exact) mass is 446 g/mol. The Labute approximate surface area is 193 Å². The fourth-order valence-electron chi connectivity index (χ4n) is 3.68. The first-order valence-corrected chi connectivity index (χ1v) is 14.3. The van der Waals surface area contributed by atoms with Crippen LogP contribution in [-0.4, -0.2) is 49.6 Å². The van der Waals surface area contributed by atoms with Gasteiger partial charge in [0, 0.05) is 26.1 Å². The maximum absolute atomic E-state index is 8.79. The molecule has 0 saturated carbocycles. The van der Waals surface area contributed by atoms with Gasteiger partial charge >= 0.3 is 0 Å². The van der Waals surface area contributed by atoms with Gasteiger partial charge in [-0.15, -0.1) is 0 Å². The van der Waals surface area contributed by atoms with Gasteiger partial charge in [0.25, 0.3) is 0 Å². The highest BCUT2D eigenvalue weighted by atomic mass is 32.2. The molecule has 0 spiro atoms. The molecule has 1 unspecified atom stereocenters. The third-order valence-electron chi connectivity index (χ3n) is 5.78. The molecular weight excluding hydrogens is 392 g/mol. The number of unbranched alkanes of at least 4 members (excludes halogenated alkanes) is 16. The summed E-state index contributed by atoms with van der Waals surface area (Å²) < 4.78 is 11.3. The molecule has 0 aliphatic carbocycles. The van der Waals surface area contributed by atoms with E-state index in [9.17, 15) is 0 Å². The van der Waals surface area contributed by atoms with Crippen LogP contribution in [0.25, 0.3) is 0 Å². The Balaban J connectivity index is 3.18. The number of methoxy groups -OCH3 is 1. The Morgan fingerprint density at radius 1 is 0.667 bits per heavy atom. The fourth-order valence-corrected chi connectivity index (χ4v) is 4.75. The van der Waals surface area contributed by atoms with Crippen LogP contribution in [0.3, 0.4) is 0 Å². The van der Waals surface area contributed by atoms with Crippen molar-refractivity contribution in [1.82, 2.24) is 0 Å². The Morgan fingerprint density at radius 2 is 1.17 bits per heavy atom. The largest absolute Gasteiger partial charge is 0.396 e. The number of hydrogen-bond acceptors (Lipinski definition) is 4. The lowest BCUT2D eigenvalue weighted by Crippen LogP contribution is -2.21. The van der Waals surface area contributed by atoms with Crippen LogP contribution in [0.4, 0.5) is 0 Å². The Kier molecular flexibility index (Phi) is 27.5. The zero-order chi connectivity index (χ0) is 22.0. The summed E-state index contributed by atoms with van der Waals surface area (Å²) in [4.78, 5) is 0. The van der Waals surface area contributed by atoms with E-state index in [-0.39, 0.29) is 6.10 Å². The molecule has 0 saturated heterocycles. The molecule has 0 aliphatic heterocycles. The molecule has 182 valence electrons. The third kappa shape index (κ3) is 24.5. The highest BCUT2D eigenvalue weighted by Crippen LogP contribution is 2.14. The summed E-state index contributed by atoms with van der Waals surface area (Å²) in [6.07, 6.45) is 24.6. The number of ether oxygens (including phenoxy) is 2. The predicted molar refractivity (Wildman–Crippen MR) is 135 cm³/mol. The molecule has 0 fully saturated rings. The summed E-state index contributed by atoms with van der Waals surface area (Å²) in [5, 5.41) is 8.79. The SMILES string of the molecule is CCCCCCCCCCCCCCCCCCOCC(CSCCCCO)OC. The van der Waals surface area contributed by atoms with E-state index < -0.39 is 0 Å². The first kappa shape index (κ1) is 30.2. The molecule has 30 heavy (non-hydrogen) atoms. The average Bonchev–Trinajstić information content (AvgIpc) is 2.76. The lowest BCUT2D eigenvalue weighted by atomic mass is 10.0. The second kappa shape index (κ2) is 27.3. The Hall–Kier alpha value is 0.230. The van der Waals surface area contributed by atoms with Gasteiger partial charge in [0.05, 0.1) is 12.7 Å². The van der Waals surface area contributed by atoms with Crippen LogP contribution < -0.4 is 0 Å². The van der Waals surface area contributed by atoms with E-state index in [1.54, 1.807) is 7.11 Å². The number of hydrogen-bond donors (Lipinski definition) is 1. The van der Waals surface area contributed by atoms with E-state index in [0.29, 0.717) is 13.2 Å². The maximum Gasteiger partial charge on any atom is 0.0894 e. The van der Waals surface area contributed by atoms with Crippen molar-refractivity contribution in [3.63, 3.8) is 0 Å². The van der Waals surface area contributed by atoms with E-state index in [1.165, 1.54) is 103 Å². The van der Waals surface area contributed by atoms with Crippen molar-refractivity contribution in [1.29, 1.82) is 0 Å². The molecule has 1 N–H and O–H groups in total. The van der Waals surface area contributed by atoms with Crippen molar-refractivity contribution >= 4 is 11.8 Å². The highest BCUT2D eigenvalue weighted by molar-refractivity contribution is 7.99. The molecule has 0 aromatic carbocycles. The van der Waals surface area contributed by atoms with Gasteiger partial charge in [-0.1, -0.05) is 103 Å². The van der Waals surface area contributed by atoms with Crippen LogP contribution in [0.2, 0.25) is 0 Å². The lowest BCUT2D eigenvalue weighted by Gasteiger charge is -2.15. The van der Waals surface area contributed by atoms with Crippen molar-refractivity contribution in [2.24, 2.45) is 0 Å². The van der Waals surface area contributed by atoms with Crippen LogP contribution in [-0.2, 0) is 9.47 Å². The molecule has 3 nitrogen and oxygen atoms in total. The zero-order valence-electron chi connectivity index (χ0n) is 20.5. The van der Waals surface area contributed by atoms with Gasteiger partial charge in [0.2, 0.25) is 0 Å². The minimum atomic E-state index is 0.199. The molecular formula is C26H54O3S. The van der Waals surface area contributed by atoms with Gasteiger partial charge in [-0.25, -0.2) is 0 Å². The predicted octanol–water partition coefficient (Wildman–Crippen LogP) is 7.79. The molecule has 0 aliphatic rings. The summed E-state index contributed by atoms with van der Waals surface area (Å²) in [5.41, 5.74) is 0. The number of aliphatic hydroxyl groups is 1. The van der Waals surface area contributed by atoms with E-state index in [4.69, 9.17) is 14.6 Å². The summed E-state index contributed by atoms with van der Waals surface area (Å²) >= 11 is 1.90. The number of rotatable bonds is 26. The summed E-state index contributed by atoms with van der Waals surface area (Å²) in [7, 11) is 1.77. The molecule has 0 amide bonds. The molecule has 1 atom stereocenters. The van der Waals surface area contributed by atoms with E-state index in [0.717, 1.165) is 31.0 Å². The van der Waals surface area contributed by atoms with Gasteiger partial charge in [-0.2, -0.15) is 11.8 Å². The van der Waals surface area contributed by atoms with E-state index >= 15 is 0 Å². The van der Waals surface area contributed by atoms with Gasteiger partial charge in [-0.05, 0) is 25.0 Å². The summed E-state index contributed by atoms with van der Waals surface area (Å²) in [6.45, 7) is 4.17. The van der Waals surface area contributed by atoms with Crippen molar-refractivity contribution in [3.05, 3.63) is 0 Å². The topological polar surface area (TPSA) is 38.7 Å². The number of aliphatic hydroxyl groups excluding tert-OH is 1. The Bertz CT molecular complexity index is 302. The third-order valence-corrected chi connectivity index (χ3v) is 6.96. The van der Waals surface area contributed by atoms with Gasteiger partial charge in [0.1, 0.15) is 0 Å². The molecule has 0 rings (SSSR count). The quantitative estimate of drug-likeness (QED) is 0.138. The lowest BCUT2D eigenvalue weighted by molar-refractivity contribution is 0.0198. The van der Waals surface area contributed by atoms with E-state index in [2.05, 4.69) is 6.92 Å². The maximum atomic E-state index is 8.79. The first-order valence-electron chi connectivity index (χ1n) is 13.1. The molecule has 0 aromatic heterocycles. The Morgan fingerprint density at radius 3 is 1.63 bits per heavy atom. The molecule has 0 bridgehead atoms. The summed E-state index contributed by atoms with van der Waals surface area (Å²) in [5.74, 6) is 2.08. The first-order chi connectivity index (χ1) is 14.8. The van der Waals surface area contributed by atoms with Crippen LogP contribution in [0.5, 0.6) is 0 Å². The number of thioether (sulfide) groups is 1. The highest BCUT2D eigenvalue weighted by Gasteiger charge is 2.07. The van der Waals surface area contributed by atoms with Gasteiger partial charge in [0.15, 0.2) is 0 Å². The minimum Gasteiger partial charge on any atom is -0.396 e. The molecule has 0 heterocycles. The fraction of sp³-hybridized carbons (Fsp3) is 1.00. The van der Waals surface area contributed by atoms with Crippen LogP contribution in [0.1, 0.15) is 122 Å². The van der Waals surface area contributed by atoms with Gasteiger partial charge < -0.3 is 14.6 Å². The van der Waals surface area contributed by atoms with Crippen molar-refractivity contribution in [2.45, 2.75) is 129 Å². The van der Waals surface area contributed by atoms with Crippen LogP contribution in [0, 0.1) is 0 Å². The normalized spacial score (nSPS) is 12.5. The summed E-state index contributed by atoms with van der Waals surface area (Å²) in [6, 6.07) is 0.